The normalized spacial score (nSPS) is 14.3. The van der Waals surface area contributed by atoms with Gasteiger partial charge in [-0.3, -0.25) is 4.79 Å². The Hall–Kier alpha value is -2.58. The Bertz CT molecular complexity index is 854. The van der Waals surface area contributed by atoms with Crippen LogP contribution in [-0.2, 0) is 0 Å². The largest absolute Gasteiger partial charge is 0.367 e. The van der Waals surface area contributed by atoms with E-state index in [1.165, 1.54) is 6.07 Å². The molecule has 25 heavy (non-hydrogen) atoms. The lowest BCUT2D eigenvalue weighted by Crippen LogP contribution is -2.49. The Morgan fingerprint density at radius 3 is 2.52 bits per heavy atom. The number of rotatable bonds is 2. The van der Waals surface area contributed by atoms with Crippen molar-refractivity contribution in [2.45, 2.75) is 6.92 Å². The van der Waals surface area contributed by atoms with Gasteiger partial charge in [0.25, 0.3) is 5.91 Å². The molecular formula is C19H17ClFN3O. The fraction of sp³-hybridized carbons (Fsp3) is 0.263. The van der Waals surface area contributed by atoms with Gasteiger partial charge in [-0.1, -0.05) is 17.7 Å². The molecule has 0 unspecified atom stereocenters. The van der Waals surface area contributed by atoms with Gasteiger partial charge in [0.2, 0.25) is 0 Å². The lowest BCUT2D eigenvalue weighted by Gasteiger charge is -2.36. The summed E-state index contributed by atoms with van der Waals surface area (Å²) in [5.41, 5.74) is 2.22. The van der Waals surface area contributed by atoms with Gasteiger partial charge in [0.15, 0.2) is 0 Å². The zero-order valence-corrected chi connectivity index (χ0v) is 14.6. The van der Waals surface area contributed by atoms with Crippen LogP contribution in [-0.4, -0.2) is 37.0 Å². The molecule has 4 nitrogen and oxygen atoms in total. The van der Waals surface area contributed by atoms with Gasteiger partial charge in [0, 0.05) is 36.8 Å². The summed E-state index contributed by atoms with van der Waals surface area (Å²) in [5, 5.41) is 9.80. The quantitative estimate of drug-likeness (QED) is 0.824. The summed E-state index contributed by atoms with van der Waals surface area (Å²) in [6.45, 7) is 3.91. The highest BCUT2D eigenvalue weighted by Gasteiger charge is 2.24. The number of carbonyl (C=O) groups is 1. The minimum Gasteiger partial charge on any atom is -0.367 e. The number of aryl methyl sites for hydroxylation is 1. The number of hydrogen-bond donors (Lipinski definition) is 0. The van der Waals surface area contributed by atoms with E-state index in [1.807, 2.05) is 6.07 Å². The summed E-state index contributed by atoms with van der Waals surface area (Å²) < 4.78 is 13.7. The van der Waals surface area contributed by atoms with Crippen molar-refractivity contribution in [3.8, 4) is 6.07 Å². The first-order chi connectivity index (χ1) is 12.0. The van der Waals surface area contributed by atoms with E-state index in [1.54, 1.807) is 36.1 Å². The van der Waals surface area contributed by atoms with E-state index in [4.69, 9.17) is 11.6 Å². The third-order valence-electron chi connectivity index (χ3n) is 4.41. The summed E-state index contributed by atoms with van der Waals surface area (Å²) in [6, 6.07) is 11.9. The van der Waals surface area contributed by atoms with E-state index in [9.17, 15) is 14.4 Å². The molecule has 0 radical (unpaired) electrons. The van der Waals surface area contributed by atoms with E-state index in [-0.39, 0.29) is 11.7 Å². The first kappa shape index (κ1) is 17.2. The second kappa shape index (κ2) is 7.12. The van der Waals surface area contributed by atoms with Crippen LogP contribution in [0.2, 0.25) is 5.02 Å². The molecule has 0 atom stereocenters. The maximum absolute atomic E-state index is 13.7. The molecule has 1 fully saturated rings. The van der Waals surface area contributed by atoms with Crippen molar-refractivity contribution < 1.29 is 9.18 Å². The molecule has 3 rings (SSSR count). The fourth-order valence-electron chi connectivity index (χ4n) is 2.93. The van der Waals surface area contributed by atoms with Crippen LogP contribution in [0.3, 0.4) is 0 Å². The number of piperazine rings is 1. The molecule has 128 valence electrons. The van der Waals surface area contributed by atoms with Gasteiger partial charge in [0.1, 0.15) is 11.9 Å². The van der Waals surface area contributed by atoms with Gasteiger partial charge in [-0.25, -0.2) is 4.39 Å². The Balaban J connectivity index is 1.70. The Morgan fingerprint density at radius 1 is 1.16 bits per heavy atom. The average Bonchev–Trinajstić information content (AvgIpc) is 2.63. The lowest BCUT2D eigenvalue weighted by molar-refractivity contribution is 0.0746. The van der Waals surface area contributed by atoms with Crippen LogP contribution in [0.1, 0.15) is 21.5 Å². The molecular weight excluding hydrogens is 341 g/mol. The predicted octanol–water partition coefficient (Wildman–Crippen LogP) is 3.62. The molecule has 1 saturated heterocycles. The van der Waals surface area contributed by atoms with Gasteiger partial charge in [-0.2, -0.15) is 5.26 Å². The van der Waals surface area contributed by atoms with E-state index in [2.05, 4.69) is 11.0 Å². The third-order valence-corrected chi connectivity index (χ3v) is 4.64. The molecule has 0 aromatic heterocycles. The number of anilines is 1. The van der Waals surface area contributed by atoms with Crippen LogP contribution in [0.5, 0.6) is 0 Å². The van der Waals surface area contributed by atoms with E-state index in [0.29, 0.717) is 47.9 Å². The predicted molar refractivity (Wildman–Crippen MR) is 95.4 cm³/mol. The number of nitrogens with zero attached hydrogens (tertiary/aromatic N) is 3. The fourth-order valence-corrected chi connectivity index (χ4v) is 3.10. The monoisotopic (exact) mass is 357 g/mol. The van der Waals surface area contributed by atoms with Crippen LogP contribution in [0.15, 0.2) is 36.4 Å². The number of amides is 1. The van der Waals surface area contributed by atoms with Crippen LogP contribution in [0.25, 0.3) is 0 Å². The second-order valence-corrected chi connectivity index (χ2v) is 6.45. The molecule has 0 spiro atoms. The van der Waals surface area contributed by atoms with Gasteiger partial charge in [0.05, 0.1) is 11.3 Å². The third kappa shape index (κ3) is 3.59. The Morgan fingerprint density at radius 2 is 1.88 bits per heavy atom. The van der Waals surface area contributed by atoms with Crippen molar-refractivity contribution in [2.75, 3.05) is 31.1 Å². The standard InChI is InChI=1S/C19H17ClFN3O/c1-13-2-3-14(11-17(13)21)19(25)24-8-6-23(7-9-24)18-5-4-16(20)10-15(18)12-22/h2-5,10-11H,6-9H2,1H3. The van der Waals surface area contributed by atoms with Crippen LogP contribution >= 0.6 is 11.6 Å². The van der Waals surface area contributed by atoms with Crippen LogP contribution < -0.4 is 4.90 Å². The van der Waals surface area contributed by atoms with Crippen molar-refractivity contribution >= 4 is 23.2 Å². The summed E-state index contributed by atoms with van der Waals surface area (Å²) >= 11 is 5.94. The van der Waals surface area contributed by atoms with Gasteiger partial charge < -0.3 is 9.80 Å². The van der Waals surface area contributed by atoms with Crippen molar-refractivity contribution in [1.82, 2.24) is 4.90 Å². The van der Waals surface area contributed by atoms with E-state index in [0.717, 1.165) is 5.69 Å². The van der Waals surface area contributed by atoms with Crippen molar-refractivity contribution in [3.63, 3.8) is 0 Å². The molecule has 2 aromatic carbocycles. The van der Waals surface area contributed by atoms with Crippen LogP contribution in [0.4, 0.5) is 10.1 Å². The van der Waals surface area contributed by atoms with E-state index >= 15 is 0 Å². The molecule has 1 aliphatic rings. The number of nitriles is 1. The molecule has 0 saturated carbocycles. The molecule has 0 bridgehead atoms. The van der Waals surface area contributed by atoms with E-state index < -0.39 is 0 Å². The number of halogens is 2. The number of benzene rings is 2. The van der Waals surface area contributed by atoms with Crippen LogP contribution in [0, 0.1) is 24.1 Å². The number of carbonyl (C=O) groups excluding carboxylic acids is 1. The molecule has 0 aliphatic carbocycles. The SMILES string of the molecule is Cc1ccc(C(=O)N2CCN(c3ccc(Cl)cc3C#N)CC2)cc1F. The molecule has 0 N–H and O–H groups in total. The Kier molecular flexibility index (Phi) is 4.91. The zero-order chi connectivity index (χ0) is 18.0. The summed E-state index contributed by atoms with van der Waals surface area (Å²) in [7, 11) is 0. The second-order valence-electron chi connectivity index (χ2n) is 6.02. The highest BCUT2D eigenvalue weighted by atomic mass is 35.5. The van der Waals surface area contributed by atoms with Crippen molar-refractivity contribution in [3.05, 3.63) is 63.9 Å². The summed E-state index contributed by atoms with van der Waals surface area (Å²) in [4.78, 5) is 16.3. The minimum absolute atomic E-state index is 0.171. The molecule has 1 amide bonds. The van der Waals surface area contributed by atoms with Gasteiger partial charge in [-0.05, 0) is 42.8 Å². The minimum atomic E-state index is -0.371. The molecule has 1 aliphatic heterocycles. The van der Waals surface area contributed by atoms with Crippen molar-refractivity contribution in [1.29, 1.82) is 5.26 Å². The first-order valence-electron chi connectivity index (χ1n) is 7.99. The maximum Gasteiger partial charge on any atom is 0.254 e. The van der Waals surface area contributed by atoms with Crippen molar-refractivity contribution in [2.24, 2.45) is 0 Å². The van der Waals surface area contributed by atoms with Gasteiger partial charge >= 0.3 is 0 Å². The highest BCUT2D eigenvalue weighted by Crippen LogP contribution is 2.25. The highest BCUT2D eigenvalue weighted by molar-refractivity contribution is 6.30. The zero-order valence-electron chi connectivity index (χ0n) is 13.8. The topological polar surface area (TPSA) is 47.3 Å². The molecule has 1 heterocycles. The maximum atomic E-state index is 13.7. The van der Waals surface area contributed by atoms with Gasteiger partial charge in [-0.15, -0.1) is 0 Å². The lowest BCUT2D eigenvalue weighted by atomic mass is 10.1. The smallest absolute Gasteiger partial charge is 0.254 e. The molecule has 2 aromatic rings. The summed E-state index contributed by atoms with van der Waals surface area (Å²) in [5.74, 6) is -0.542. The number of hydrogen-bond acceptors (Lipinski definition) is 3. The first-order valence-corrected chi connectivity index (χ1v) is 8.37. The summed E-state index contributed by atoms with van der Waals surface area (Å²) in [6.07, 6.45) is 0. The average molecular weight is 358 g/mol. The Labute approximate surface area is 151 Å². The molecule has 6 heteroatoms.